The van der Waals surface area contributed by atoms with Crippen molar-refractivity contribution in [2.24, 2.45) is 5.10 Å². The van der Waals surface area contributed by atoms with E-state index in [1.165, 1.54) is 0 Å². The molecule has 28 heavy (non-hydrogen) atoms. The molecule has 0 aliphatic rings. The lowest BCUT2D eigenvalue weighted by Crippen LogP contribution is -2.18. The zero-order valence-corrected chi connectivity index (χ0v) is 16.5. The van der Waals surface area contributed by atoms with Crippen molar-refractivity contribution in [3.8, 4) is 11.4 Å². The third-order valence-electron chi connectivity index (χ3n) is 4.39. The van der Waals surface area contributed by atoms with E-state index in [2.05, 4.69) is 27.6 Å². The van der Waals surface area contributed by atoms with Crippen LogP contribution in [-0.4, -0.2) is 37.9 Å². The number of nitrogens with zero attached hydrogens (tertiary/aromatic N) is 3. The number of aryl methyl sites for hydroxylation is 1. The summed E-state index contributed by atoms with van der Waals surface area (Å²) in [4.78, 5) is 14.5. The summed E-state index contributed by atoms with van der Waals surface area (Å²) in [5.41, 5.74) is 7.03. The Labute approximate surface area is 165 Å². The number of methoxy groups -OCH3 is 1. The number of nitrogens with one attached hydrogen (secondary N) is 1. The predicted octanol–water partition coefficient (Wildman–Crippen LogP) is 3.62. The molecule has 0 spiro atoms. The van der Waals surface area contributed by atoms with Crippen LogP contribution in [0.2, 0.25) is 0 Å². The average molecular weight is 376 g/mol. The second-order valence-electron chi connectivity index (χ2n) is 6.62. The van der Waals surface area contributed by atoms with Crippen LogP contribution in [0.3, 0.4) is 0 Å². The Morgan fingerprint density at radius 1 is 1.14 bits per heavy atom. The van der Waals surface area contributed by atoms with Gasteiger partial charge in [0.1, 0.15) is 5.75 Å². The Morgan fingerprint density at radius 2 is 1.89 bits per heavy atom. The average Bonchev–Trinajstić information content (AvgIpc) is 3.16. The van der Waals surface area contributed by atoms with Gasteiger partial charge >= 0.3 is 0 Å². The van der Waals surface area contributed by atoms with E-state index in [4.69, 9.17) is 4.74 Å². The second-order valence-corrected chi connectivity index (χ2v) is 6.62. The van der Waals surface area contributed by atoms with Crippen LogP contribution in [0.1, 0.15) is 21.6 Å². The van der Waals surface area contributed by atoms with Crippen LogP contribution < -0.4 is 15.1 Å². The maximum atomic E-state index is 12.4. The molecular formula is C22H24N4O2. The highest BCUT2D eigenvalue weighted by Gasteiger charge is 2.11. The minimum absolute atomic E-state index is 0.318. The third-order valence-corrected chi connectivity index (χ3v) is 4.39. The zero-order chi connectivity index (χ0) is 20.1. The molecule has 2 aromatic carbocycles. The van der Waals surface area contributed by atoms with Crippen LogP contribution in [0.4, 0.5) is 5.69 Å². The minimum Gasteiger partial charge on any atom is -0.496 e. The van der Waals surface area contributed by atoms with Crippen LogP contribution in [-0.2, 0) is 0 Å². The molecule has 0 unspecified atom stereocenters. The zero-order valence-electron chi connectivity index (χ0n) is 16.5. The van der Waals surface area contributed by atoms with Crippen molar-refractivity contribution in [3.05, 3.63) is 77.6 Å². The molecule has 0 aliphatic heterocycles. The number of amides is 1. The van der Waals surface area contributed by atoms with Gasteiger partial charge in [0.15, 0.2) is 0 Å². The Bertz CT molecular complexity index is 988. The van der Waals surface area contributed by atoms with Crippen LogP contribution in [0.5, 0.6) is 5.75 Å². The van der Waals surface area contributed by atoms with Crippen LogP contribution in [0.25, 0.3) is 5.69 Å². The van der Waals surface area contributed by atoms with E-state index >= 15 is 0 Å². The predicted molar refractivity (Wildman–Crippen MR) is 113 cm³/mol. The first-order valence-corrected chi connectivity index (χ1v) is 8.93. The topological polar surface area (TPSA) is 58.9 Å². The van der Waals surface area contributed by atoms with Gasteiger partial charge in [-0.15, -0.1) is 0 Å². The lowest BCUT2D eigenvalue weighted by Gasteiger charge is -2.13. The first-order chi connectivity index (χ1) is 13.5. The van der Waals surface area contributed by atoms with E-state index in [9.17, 15) is 4.79 Å². The highest BCUT2D eigenvalue weighted by atomic mass is 16.5. The Kier molecular flexibility index (Phi) is 5.79. The molecule has 3 rings (SSSR count). The van der Waals surface area contributed by atoms with E-state index in [-0.39, 0.29) is 5.91 Å². The second kappa shape index (κ2) is 8.43. The van der Waals surface area contributed by atoms with E-state index in [0.717, 1.165) is 22.6 Å². The van der Waals surface area contributed by atoms with E-state index in [1.54, 1.807) is 19.4 Å². The molecule has 6 nitrogen and oxygen atoms in total. The molecule has 144 valence electrons. The van der Waals surface area contributed by atoms with E-state index in [1.807, 2.05) is 68.2 Å². The van der Waals surface area contributed by atoms with E-state index in [0.29, 0.717) is 11.3 Å². The Hall–Kier alpha value is -3.54. The van der Waals surface area contributed by atoms with Gasteiger partial charge in [0.05, 0.1) is 24.6 Å². The molecule has 0 saturated heterocycles. The molecule has 1 N–H and O–H groups in total. The van der Waals surface area contributed by atoms with Crippen molar-refractivity contribution in [2.45, 2.75) is 6.92 Å². The molecule has 0 atom stereocenters. The normalized spacial score (nSPS) is 10.9. The quantitative estimate of drug-likeness (QED) is 0.528. The van der Waals surface area contributed by atoms with Gasteiger partial charge in [-0.1, -0.05) is 6.07 Å². The van der Waals surface area contributed by atoms with Gasteiger partial charge < -0.3 is 14.2 Å². The fourth-order valence-electron chi connectivity index (χ4n) is 2.85. The van der Waals surface area contributed by atoms with Crippen molar-refractivity contribution in [2.75, 3.05) is 26.1 Å². The van der Waals surface area contributed by atoms with Gasteiger partial charge in [0.25, 0.3) is 5.91 Å². The molecule has 0 radical (unpaired) electrons. The maximum absolute atomic E-state index is 12.4. The van der Waals surface area contributed by atoms with Crippen molar-refractivity contribution in [3.63, 3.8) is 0 Å². The number of benzene rings is 2. The molecule has 0 fully saturated rings. The summed E-state index contributed by atoms with van der Waals surface area (Å²) in [5.74, 6) is 0.207. The maximum Gasteiger partial charge on any atom is 0.275 e. The van der Waals surface area contributed by atoms with Crippen LogP contribution >= 0.6 is 0 Å². The summed E-state index contributed by atoms with van der Waals surface area (Å²) >= 11 is 0. The van der Waals surface area contributed by atoms with E-state index < -0.39 is 0 Å². The number of carbonyl (C=O) groups excluding carboxylic acids is 1. The SMILES string of the molecule is COc1cc(C)ccc1C(=O)N/N=C/c1cccn1-c1ccc(N(C)C)cc1. The summed E-state index contributed by atoms with van der Waals surface area (Å²) in [5, 5.41) is 4.11. The first-order valence-electron chi connectivity index (χ1n) is 8.93. The molecule has 6 heteroatoms. The van der Waals surface area contributed by atoms with Crippen molar-refractivity contribution < 1.29 is 9.53 Å². The number of ether oxygens (including phenoxy) is 1. The number of anilines is 1. The number of rotatable bonds is 6. The molecule has 1 heterocycles. The number of hydrogen-bond acceptors (Lipinski definition) is 4. The summed E-state index contributed by atoms with van der Waals surface area (Å²) in [6.07, 6.45) is 3.58. The van der Waals surface area contributed by atoms with Crippen molar-refractivity contribution in [1.82, 2.24) is 9.99 Å². The molecule has 3 aromatic rings. The fourth-order valence-corrected chi connectivity index (χ4v) is 2.85. The number of hydrazone groups is 1. The Morgan fingerprint density at radius 3 is 2.57 bits per heavy atom. The lowest BCUT2D eigenvalue weighted by molar-refractivity contribution is 0.0952. The summed E-state index contributed by atoms with van der Waals surface area (Å²) in [7, 11) is 5.56. The van der Waals surface area contributed by atoms with Crippen molar-refractivity contribution >= 4 is 17.8 Å². The highest BCUT2D eigenvalue weighted by molar-refractivity contribution is 5.97. The molecule has 0 bridgehead atoms. The fraction of sp³-hybridized carbons (Fsp3) is 0.182. The molecule has 1 aromatic heterocycles. The number of carbonyl (C=O) groups is 1. The standard InChI is InChI=1S/C22H24N4O2/c1-16-7-12-20(21(14-16)28-4)22(27)24-23-15-19-6-5-13-26(19)18-10-8-17(9-11-18)25(2)3/h5-15H,1-4H3,(H,24,27)/b23-15+. The lowest BCUT2D eigenvalue weighted by atomic mass is 10.1. The number of aromatic nitrogens is 1. The van der Waals surface area contributed by atoms with Gasteiger partial charge in [0.2, 0.25) is 0 Å². The van der Waals surface area contributed by atoms with Crippen LogP contribution in [0.15, 0.2) is 65.9 Å². The highest BCUT2D eigenvalue weighted by Crippen LogP contribution is 2.20. The molecular weight excluding hydrogens is 352 g/mol. The first kappa shape index (κ1) is 19.2. The summed E-state index contributed by atoms with van der Waals surface area (Å²) in [6, 6.07) is 17.5. The van der Waals surface area contributed by atoms with Gasteiger partial charge in [0, 0.05) is 31.7 Å². The summed E-state index contributed by atoms with van der Waals surface area (Å²) in [6.45, 7) is 1.95. The summed E-state index contributed by atoms with van der Waals surface area (Å²) < 4.78 is 7.28. The molecule has 0 saturated carbocycles. The van der Waals surface area contributed by atoms with Gasteiger partial charge in [-0.3, -0.25) is 4.79 Å². The smallest absolute Gasteiger partial charge is 0.275 e. The van der Waals surface area contributed by atoms with Crippen LogP contribution in [0, 0.1) is 6.92 Å². The van der Waals surface area contributed by atoms with Crippen molar-refractivity contribution in [1.29, 1.82) is 0 Å². The minimum atomic E-state index is -0.318. The van der Waals surface area contributed by atoms with Gasteiger partial charge in [-0.25, -0.2) is 5.43 Å². The Balaban J connectivity index is 1.74. The monoisotopic (exact) mass is 376 g/mol. The van der Waals surface area contributed by atoms with Gasteiger partial charge in [-0.2, -0.15) is 5.10 Å². The third kappa shape index (κ3) is 4.23. The molecule has 0 aliphatic carbocycles. The number of hydrogen-bond donors (Lipinski definition) is 1. The van der Waals surface area contributed by atoms with Gasteiger partial charge in [-0.05, 0) is 61.0 Å². The molecule has 1 amide bonds. The largest absolute Gasteiger partial charge is 0.496 e.